The molecule has 17 heavy (non-hydrogen) atoms. The molecular formula is C10H10F3NO3. The van der Waals surface area contributed by atoms with Crippen LogP contribution in [0.25, 0.3) is 0 Å². The van der Waals surface area contributed by atoms with Gasteiger partial charge in [0, 0.05) is 0 Å². The van der Waals surface area contributed by atoms with Gasteiger partial charge in [0.2, 0.25) is 0 Å². The maximum Gasteiger partial charge on any atom is 0.420 e. The molecule has 1 aromatic carbocycles. The van der Waals surface area contributed by atoms with E-state index in [0.29, 0.717) is 6.07 Å². The van der Waals surface area contributed by atoms with Crippen molar-refractivity contribution in [2.24, 2.45) is 0 Å². The summed E-state index contributed by atoms with van der Waals surface area (Å²) in [6.45, 7) is -0.154. The van der Waals surface area contributed by atoms with Crippen molar-refractivity contribution >= 4 is 5.78 Å². The topological polar surface area (TPSA) is 69.6 Å². The van der Waals surface area contributed by atoms with Gasteiger partial charge in [0.15, 0.2) is 17.3 Å². The van der Waals surface area contributed by atoms with Crippen LogP contribution in [0.5, 0.6) is 11.5 Å². The van der Waals surface area contributed by atoms with E-state index >= 15 is 0 Å². The lowest BCUT2D eigenvalue weighted by atomic mass is 10.0. The number of ketones is 1. The maximum atomic E-state index is 12.3. The first-order valence-electron chi connectivity index (χ1n) is 4.59. The number of likely N-dealkylation sites (N-methyl/N-ethyl adjacent to an activating group) is 1. The van der Waals surface area contributed by atoms with Gasteiger partial charge in [0.05, 0.1) is 12.1 Å². The highest BCUT2D eigenvalue weighted by Gasteiger charge is 2.36. The smallest absolute Gasteiger partial charge is 0.420 e. The maximum absolute atomic E-state index is 12.3. The molecule has 7 heteroatoms. The lowest BCUT2D eigenvalue weighted by Gasteiger charge is -2.12. The average molecular weight is 249 g/mol. The Morgan fingerprint density at radius 3 is 2.35 bits per heavy atom. The molecule has 0 spiro atoms. The number of benzene rings is 1. The van der Waals surface area contributed by atoms with Crippen LogP contribution in [0.2, 0.25) is 0 Å². The number of Topliss-reactive ketones (excluding diaryl/α,β-unsaturated/α-hetero) is 1. The van der Waals surface area contributed by atoms with Crippen LogP contribution in [-0.2, 0) is 6.18 Å². The summed E-state index contributed by atoms with van der Waals surface area (Å²) < 4.78 is 37.0. The van der Waals surface area contributed by atoms with E-state index in [-0.39, 0.29) is 12.1 Å². The Hall–Kier alpha value is -1.76. The van der Waals surface area contributed by atoms with Gasteiger partial charge < -0.3 is 15.5 Å². The average Bonchev–Trinajstić information content (AvgIpc) is 2.20. The van der Waals surface area contributed by atoms with E-state index in [4.69, 9.17) is 0 Å². The van der Waals surface area contributed by atoms with Gasteiger partial charge in [-0.15, -0.1) is 0 Å². The van der Waals surface area contributed by atoms with Gasteiger partial charge in [0.25, 0.3) is 0 Å². The van der Waals surface area contributed by atoms with E-state index in [0.717, 1.165) is 6.07 Å². The summed E-state index contributed by atoms with van der Waals surface area (Å²) in [6, 6.07) is 1.38. The highest BCUT2D eigenvalue weighted by Crippen LogP contribution is 2.41. The predicted octanol–water partition coefficient (Wildman–Crippen LogP) is 1.52. The highest BCUT2D eigenvalue weighted by atomic mass is 19.4. The van der Waals surface area contributed by atoms with Crippen molar-refractivity contribution in [3.8, 4) is 11.5 Å². The van der Waals surface area contributed by atoms with Crippen LogP contribution in [0, 0.1) is 0 Å². The van der Waals surface area contributed by atoms with Crippen molar-refractivity contribution in [1.82, 2.24) is 5.32 Å². The van der Waals surface area contributed by atoms with Crippen LogP contribution in [0.15, 0.2) is 12.1 Å². The molecule has 0 amide bonds. The molecule has 0 unspecified atom stereocenters. The van der Waals surface area contributed by atoms with Crippen LogP contribution < -0.4 is 5.32 Å². The number of phenols is 2. The Morgan fingerprint density at radius 2 is 1.88 bits per heavy atom. The molecule has 0 atom stereocenters. The molecule has 0 saturated heterocycles. The van der Waals surface area contributed by atoms with E-state index < -0.39 is 29.0 Å². The largest absolute Gasteiger partial charge is 0.504 e. The van der Waals surface area contributed by atoms with Gasteiger partial charge in [-0.2, -0.15) is 13.2 Å². The lowest BCUT2D eigenvalue weighted by Crippen LogP contribution is -2.19. The number of rotatable bonds is 3. The third kappa shape index (κ3) is 2.68. The molecule has 0 aliphatic heterocycles. The Morgan fingerprint density at radius 1 is 1.29 bits per heavy atom. The zero-order valence-corrected chi connectivity index (χ0v) is 8.80. The fourth-order valence-electron chi connectivity index (χ4n) is 1.29. The van der Waals surface area contributed by atoms with Gasteiger partial charge >= 0.3 is 6.18 Å². The second-order valence-corrected chi connectivity index (χ2v) is 3.31. The fraction of sp³-hybridized carbons (Fsp3) is 0.300. The zero-order chi connectivity index (χ0) is 13.2. The summed E-state index contributed by atoms with van der Waals surface area (Å²) in [5.74, 6) is -3.01. The van der Waals surface area contributed by atoms with Crippen LogP contribution in [0.1, 0.15) is 15.9 Å². The zero-order valence-electron chi connectivity index (χ0n) is 8.80. The van der Waals surface area contributed by atoms with Crippen molar-refractivity contribution in [3.63, 3.8) is 0 Å². The third-order valence-corrected chi connectivity index (χ3v) is 2.09. The van der Waals surface area contributed by atoms with Crippen LogP contribution in [0.4, 0.5) is 13.2 Å². The molecule has 0 aromatic heterocycles. The molecule has 1 rings (SSSR count). The Kier molecular flexibility index (Phi) is 3.62. The summed E-state index contributed by atoms with van der Waals surface area (Å²) in [7, 11) is 1.47. The van der Waals surface area contributed by atoms with Crippen LogP contribution in [0.3, 0.4) is 0 Å². The van der Waals surface area contributed by atoms with E-state index in [1.165, 1.54) is 7.05 Å². The highest BCUT2D eigenvalue weighted by molar-refractivity contribution is 6.00. The molecule has 4 nitrogen and oxygen atoms in total. The number of carbonyl (C=O) groups excluding carboxylic acids is 1. The third-order valence-electron chi connectivity index (χ3n) is 2.09. The van der Waals surface area contributed by atoms with Gasteiger partial charge in [-0.25, -0.2) is 0 Å². The first-order valence-corrected chi connectivity index (χ1v) is 4.59. The van der Waals surface area contributed by atoms with E-state index in [9.17, 15) is 28.2 Å². The minimum absolute atomic E-state index is 0.154. The van der Waals surface area contributed by atoms with Gasteiger partial charge in [0.1, 0.15) is 5.56 Å². The first-order chi connectivity index (χ1) is 7.79. The molecule has 0 radical (unpaired) electrons. The normalized spacial score (nSPS) is 11.5. The summed E-state index contributed by atoms with van der Waals surface area (Å²) >= 11 is 0. The molecule has 94 valence electrons. The molecule has 3 N–H and O–H groups in total. The van der Waals surface area contributed by atoms with Crippen LogP contribution >= 0.6 is 0 Å². The molecule has 0 fully saturated rings. The van der Waals surface area contributed by atoms with E-state index in [1.54, 1.807) is 0 Å². The van der Waals surface area contributed by atoms with Crippen molar-refractivity contribution in [1.29, 1.82) is 0 Å². The number of nitrogens with one attached hydrogen (secondary N) is 1. The number of aromatic hydroxyl groups is 2. The SMILES string of the molecule is CNCC(=O)c1ccc(C(F)(F)F)c(O)c1O. The van der Waals surface area contributed by atoms with Gasteiger partial charge in [-0.05, 0) is 19.2 Å². The van der Waals surface area contributed by atoms with E-state index in [1.807, 2.05) is 0 Å². The number of hydrogen-bond acceptors (Lipinski definition) is 4. The number of alkyl halides is 3. The number of hydrogen-bond donors (Lipinski definition) is 3. The van der Waals surface area contributed by atoms with Crippen molar-refractivity contribution in [2.45, 2.75) is 6.18 Å². The Labute approximate surface area is 94.7 Å². The molecular weight excluding hydrogens is 239 g/mol. The quantitative estimate of drug-likeness (QED) is 0.561. The standard InChI is InChI=1S/C10H10F3NO3/c1-14-4-7(15)5-2-3-6(10(11,12)13)9(17)8(5)16/h2-3,14,16-17H,4H2,1H3. The van der Waals surface area contributed by atoms with Crippen molar-refractivity contribution in [3.05, 3.63) is 23.3 Å². The summed E-state index contributed by atoms with van der Waals surface area (Å²) in [5, 5.41) is 21.0. The van der Waals surface area contributed by atoms with E-state index in [2.05, 4.69) is 5.32 Å². The van der Waals surface area contributed by atoms with Crippen molar-refractivity contribution < 1.29 is 28.2 Å². The Bertz CT molecular complexity index is 443. The lowest BCUT2D eigenvalue weighted by molar-refractivity contribution is -0.138. The number of carbonyl (C=O) groups is 1. The molecule has 1 aromatic rings. The minimum Gasteiger partial charge on any atom is -0.504 e. The molecule has 0 saturated carbocycles. The molecule has 0 bridgehead atoms. The summed E-state index contributed by atoms with van der Waals surface area (Å²) in [4.78, 5) is 11.4. The summed E-state index contributed by atoms with van der Waals surface area (Å²) in [5.41, 5.74) is -1.74. The van der Waals surface area contributed by atoms with Crippen LogP contribution in [-0.4, -0.2) is 29.6 Å². The van der Waals surface area contributed by atoms with Crippen molar-refractivity contribution in [2.75, 3.05) is 13.6 Å². The monoisotopic (exact) mass is 249 g/mol. The minimum atomic E-state index is -4.79. The Balaban J connectivity index is 3.25. The molecule has 0 heterocycles. The fourth-order valence-corrected chi connectivity index (χ4v) is 1.29. The summed E-state index contributed by atoms with van der Waals surface area (Å²) in [6.07, 6.45) is -4.79. The molecule has 0 aliphatic carbocycles. The number of halogens is 3. The first kappa shape index (κ1) is 13.3. The van der Waals surface area contributed by atoms with Gasteiger partial charge in [-0.1, -0.05) is 0 Å². The number of phenolic OH excluding ortho intramolecular Hbond substituents is 2. The predicted molar refractivity (Wildman–Crippen MR) is 53.0 cm³/mol. The molecule has 0 aliphatic rings. The second kappa shape index (κ2) is 4.62. The second-order valence-electron chi connectivity index (χ2n) is 3.31. The van der Waals surface area contributed by atoms with Gasteiger partial charge in [-0.3, -0.25) is 4.79 Å².